The van der Waals surface area contributed by atoms with Gasteiger partial charge in [0.25, 0.3) is 0 Å². The smallest absolute Gasteiger partial charge is 0.224 e. The van der Waals surface area contributed by atoms with Gasteiger partial charge < -0.3 is 4.90 Å². The average molecular weight is 241 g/mol. The van der Waals surface area contributed by atoms with E-state index in [1.165, 1.54) is 0 Å². The first-order chi connectivity index (χ1) is 7.70. The molecule has 2 rings (SSSR count). The molecular formula is C11H17ClN4. The summed E-state index contributed by atoms with van der Waals surface area (Å²) in [7, 11) is 0. The van der Waals surface area contributed by atoms with Crippen LogP contribution in [0.5, 0.6) is 0 Å². The van der Waals surface area contributed by atoms with Gasteiger partial charge >= 0.3 is 0 Å². The third-order valence-electron chi connectivity index (χ3n) is 3.11. The van der Waals surface area contributed by atoms with Gasteiger partial charge in [-0.05, 0) is 31.1 Å². The fourth-order valence-corrected chi connectivity index (χ4v) is 2.32. The Hall–Kier alpha value is -0.870. The quantitative estimate of drug-likeness (QED) is 0.736. The predicted molar refractivity (Wildman–Crippen MR) is 66.0 cm³/mol. The highest BCUT2D eigenvalue weighted by atomic mass is 35.5. The minimum absolute atomic E-state index is 0.322. The van der Waals surface area contributed by atoms with Gasteiger partial charge in [0.05, 0.1) is 0 Å². The monoisotopic (exact) mass is 240 g/mol. The van der Waals surface area contributed by atoms with Crippen molar-refractivity contribution >= 4 is 17.4 Å². The van der Waals surface area contributed by atoms with Crippen LogP contribution in [0.4, 0.5) is 5.82 Å². The summed E-state index contributed by atoms with van der Waals surface area (Å²) in [5, 5.41) is 0.322. The molecule has 1 aromatic heterocycles. The number of aromatic nitrogens is 2. The van der Waals surface area contributed by atoms with Crippen LogP contribution in [0.15, 0.2) is 12.3 Å². The topological polar surface area (TPSA) is 32.3 Å². The van der Waals surface area contributed by atoms with Crippen LogP contribution in [0.3, 0.4) is 0 Å². The lowest BCUT2D eigenvalue weighted by molar-refractivity contribution is 0.199. The third-order valence-corrected chi connectivity index (χ3v) is 3.29. The van der Waals surface area contributed by atoms with Crippen LogP contribution in [0.1, 0.15) is 13.8 Å². The van der Waals surface area contributed by atoms with Gasteiger partial charge in [0.1, 0.15) is 5.82 Å². The Morgan fingerprint density at radius 2 is 2.31 bits per heavy atom. The second-order valence-electron chi connectivity index (χ2n) is 4.11. The van der Waals surface area contributed by atoms with E-state index in [-0.39, 0.29) is 0 Å². The lowest BCUT2D eigenvalue weighted by Crippen LogP contribution is -2.52. The van der Waals surface area contributed by atoms with Gasteiger partial charge in [-0.15, -0.1) is 0 Å². The van der Waals surface area contributed by atoms with Crippen molar-refractivity contribution in [3.63, 3.8) is 0 Å². The van der Waals surface area contributed by atoms with Crippen LogP contribution in [0.25, 0.3) is 0 Å². The Bertz CT molecular complexity index is 358. The van der Waals surface area contributed by atoms with Crippen molar-refractivity contribution in [3.8, 4) is 0 Å². The second kappa shape index (κ2) is 4.97. The molecule has 1 atom stereocenters. The zero-order valence-corrected chi connectivity index (χ0v) is 10.5. The maximum atomic E-state index is 5.80. The van der Waals surface area contributed by atoms with Gasteiger partial charge in [0.2, 0.25) is 5.28 Å². The van der Waals surface area contributed by atoms with E-state index in [4.69, 9.17) is 11.6 Å². The lowest BCUT2D eigenvalue weighted by atomic mass is 10.2. The minimum Gasteiger partial charge on any atom is -0.354 e. The van der Waals surface area contributed by atoms with E-state index >= 15 is 0 Å². The molecule has 1 aliphatic rings. The van der Waals surface area contributed by atoms with Crippen LogP contribution in [-0.2, 0) is 0 Å². The fraction of sp³-hybridized carbons (Fsp3) is 0.636. The van der Waals surface area contributed by atoms with Gasteiger partial charge in [-0.25, -0.2) is 9.97 Å². The largest absolute Gasteiger partial charge is 0.354 e. The van der Waals surface area contributed by atoms with Crippen LogP contribution in [0.2, 0.25) is 5.28 Å². The third kappa shape index (κ3) is 2.44. The van der Waals surface area contributed by atoms with E-state index < -0.39 is 0 Å². The summed E-state index contributed by atoms with van der Waals surface area (Å²) < 4.78 is 0. The van der Waals surface area contributed by atoms with E-state index in [9.17, 15) is 0 Å². The van der Waals surface area contributed by atoms with Gasteiger partial charge in [-0.2, -0.15) is 0 Å². The van der Waals surface area contributed by atoms with Gasteiger partial charge in [-0.3, -0.25) is 4.90 Å². The Morgan fingerprint density at radius 1 is 1.50 bits per heavy atom. The number of likely N-dealkylation sites (N-methyl/N-ethyl adjacent to an activating group) is 1. The van der Waals surface area contributed by atoms with Crippen molar-refractivity contribution in [2.24, 2.45) is 0 Å². The summed E-state index contributed by atoms with van der Waals surface area (Å²) in [6, 6.07) is 2.48. The summed E-state index contributed by atoms with van der Waals surface area (Å²) in [5.74, 6) is 0.933. The highest BCUT2D eigenvalue weighted by molar-refractivity contribution is 6.28. The maximum Gasteiger partial charge on any atom is 0.224 e. The van der Waals surface area contributed by atoms with Gasteiger partial charge in [-0.1, -0.05) is 6.92 Å². The molecule has 1 unspecified atom stereocenters. The van der Waals surface area contributed by atoms with Crippen molar-refractivity contribution in [2.45, 2.75) is 19.9 Å². The summed E-state index contributed by atoms with van der Waals surface area (Å²) in [5.41, 5.74) is 0. The van der Waals surface area contributed by atoms with E-state index in [1.807, 2.05) is 6.07 Å². The number of hydrogen-bond acceptors (Lipinski definition) is 4. The van der Waals surface area contributed by atoms with Crippen molar-refractivity contribution in [2.75, 3.05) is 31.1 Å². The SMILES string of the molecule is CCN1CCN(c2ccnc(Cl)n2)CC1C. The second-order valence-corrected chi connectivity index (χ2v) is 4.45. The standard InChI is InChI=1S/C11H17ClN4/c1-3-15-6-7-16(8-9(15)2)10-4-5-13-11(12)14-10/h4-5,9H,3,6-8H2,1-2H3. The maximum absolute atomic E-state index is 5.80. The van der Waals surface area contributed by atoms with Gasteiger partial charge in [0.15, 0.2) is 0 Å². The van der Waals surface area contributed by atoms with Gasteiger partial charge in [0, 0.05) is 31.9 Å². The molecule has 4 nitrogen and oxygen atoms in total. The number of rotatable bonds is 2. The molecular weight excluding hydrogens is 224 g/mol. The van der Waals surface area contributed by atoms with E-state index in [0.717, 1.165) is 32.0 Å². The zero-order valence-electron chi connectivity index (χ0n) is 9.73. The molecule has 0 amide bonds. The number of nitrogens with zero attached hydrogens (tertiary/aromatic N) is 4. The first-order valence-electron chi connectivity index (χ1n) is 5.68. The normalized spacial score (nSPS) is 22.4. The van der Waals surface area contributed by atoms with E-state index in [2.05, 4.69) is 33.6 Å². The first kappa shape index (κ1) is 11.6. The Balaban J connectivity index is 2.07. The zero-order chi connectivity index (χ0) is 11.5. The Kier molecular flexibility index (Phi) is 3.61. The molecule has 0 aliphatic carbocycles. The molecule has 1 saturated heterocycles. The molecule has 0 aromatic carbocycles. The number of piperazine rings is 1. The van der Waals surface area contributed by atoms with Crippen LogP contribution >= 0.6 is 11.6 Å². The van der Waals surface area contributed by atoms with Crippen molar-refractivity contribution in [3.05, 3.63) is 17.5 Å². The molecule has 88 valence electrons. The molecule has 0 saturated carbocycles. The fourth-order valence-electron chi connectivity index (χ4n) is 2.18. The summed E-state index contributed by atoms with van der Waals surface area (Å²) in [6.45, 7) is 8.65. The molecule has 0 spiro atoms. The van der Waals surface area contributed by atoms with Crippen LogP contribution < -0.4 is 4.90 Å². The van der Waals surface area contributed by atoms with E-state index in [0.29, 0.717) is 11.3 Å². The number of hydrogen-bond donors (Lipinski definition) is 0. The highest BCUT2D eigenvalue weighted by Gasteiger charge is 2.23. The first-order valence-corrected chi connectivity index (χ1v) is 6.06. The van der Waals surface area contributed by atoms with Crippen molar-refractivity contribution in [1.29, 1.82) is 0 Å². The molecule has 0 N–H and O–H groups in total. The summed E-state index contributed by atoms with van der Waals surface area (Å²) >= 11 is 5.80. The molecule has 1 aromatic rings. The van der Waals surface area contributed by atoms with Crippen LogP contribution in [-0.4, -0.2) is 47.1 Å². The summed E-state index contributed by atoms with van der Waals surface area (Å²) in [6.07, 6.45) is 1.71. The van der Waals surface area contributed by atoms with E-state index in [1.54, 1.807) is 6.20 Å². The van der Waals surface area contributed by atoms with Crippen molar-refractivity contribution < 1.29 is 0 Å². The molecule has 0 bridgehead atoms. The molecule has 1 aliphatic heterocycles. The number of anilines is 1. The number of halogens is 1. The van der Waals surface area contributed by atoms with Crippen LogP contribution in [0, 0.1) is 0 Å². The van der Waals surface area contributed by atoms with Crippen molar-refractivity contribution in [1.82, 2.24) is 14.9 Å². The predicted octanol–water partition coefficient (Wildman–Crippen LogP) is 1.66. The Morgan fingerprint density at radius 3 is 2.94 bits per heavy atom. The molecule has 0 radical (unpaired) electrons. The molecule has 5 heteroatoms. The minimum atomic E-state index is 0.322. The Labute approximate surface area is 101 Å². The molecule has 1 fully saturated rings. The average Bonchev–Trinajstić information content (AvgIpc) is 2.29. The summed E-state index contributed by atoms with van der Waals surface area (Å²) in [4.78, 5) is 12.9. The molecule has 2 heterocycles. The lowest BCUT2D eigenvalue weighted by Gasteiger charge is -2.39. The highest BCUT2D eigenvalue weighted by Crippen LogP contribution is 2.17. The molecule has 16 heavy (non-hydrogen) atoms.